The Kier molecular flexibility index (Phi) is 8.72. The van der Waals surface area contributed by atoms with Crippen LogP contribution in [0.4, 0.5) is 27.5 Å². The van der Waals surface area contributed by atoms with Gasteiger partial charge in [0.05, 0.1) is 30.0 Å². The number of nitrogens with one attached hydrogen (secondary N) is 2. The molecule has 0 saturated carbocycles. The number of carboxylic acid groups (broad SMARTS) is 1. The molecule has 0 aliphatic carbocycles. The summed E-state index contributed by atoms with van der Waals surface area (Å²) in [6.07, 6.45) is 0. The molecule has 1 heterocycles. The third-order valence-electron chi connectivity index (χ3n) is 6.27. The van der Waals surface area contributed by atoms with Crippen molar-refractivity contribution in [1.82, 2.24) is 5.32 Å². The van der Waals surface area contributed by atoms with Crippen molar-refractivity contribution in [1.29, 1.82) is 0 Å². The molecule has 0 aromatic heterocycles. The zero-order chi connectivity index (χ0) is 27.4. The minimum atomic E-state index is -1.12. The van der Waals surface area contributed by atoms with Gasteiger partial charge in [0, 0.05) is 16.8 Å². The van der Waals surface area contributed by atoms with E-state index in [1.165, 1.54) is 23.1 Å². The predicted molar refractivity (Wildman–Crippen MR) is 150 cm³/mol. The van der Waals surface area contributed by atoms with Gasteiger partial charge in [-0.25, -0.2) is 9.59 Å². The van der Waals surface area contributed by atoms with Gasteiger partial charge in [-0.3, -0.25) is 9.59 Å². The van der Waals surface area contributed by atoms with Crippen LogP contribution in [0.2, 0.25) is 0 Å². The van der Waals surface area contributed by atoms with Crippen LogP contribution in [0.15, 0.2) is 78.9 Å². The summed E-state index contributed by atoms with van der Waals surface area (Å²) in [7, 11) is 0. The van der Waals surface area contributed by atoms with Crippen molar-refractivity contribution in [2.75, 3.05) is 28.2 Å². The van der Waals surface area contributed by atoms with E-state index in [-0.39, 0.29) is 35.6 Å². The van der Waals surface area contributed by atoms with Crippen LogP contribution in [0, 0.1) is 5.41 Å². The first-order valence-corrected chi connectivity index (χ1v) is 12.2. The third kappa shape index (κ3) is 6.60. The zero-order valence-electron chi connectivity index (χ0n) is 22.0. The SMILES string of the molecule is CC(C)(C)C(=O)CN1C(=O)C(NC(=O)Nc2cccc(C(=O)O)c2)CN(c2ccccc2)c2ccccc21.O. The first kappa shape index (κ1) is 28.9. The Morgan fingerprint density at radius 1 is 0.923 bits per heavy atom. The Hall–Kier alpha value is -4.70. The lowest BCUT2D eigenvalue weighted by Gasteiger charge is -2.28. The van der Waals surface area contributed by atoms with E-state index in [0.29, 0.717) is 5.69 Å². The maximum atomic E-state index is 13.9. The van der Waals surface area contributed by atoms with E-state index in [2.05, 4.69) is 10.6 Å². The fourth-order valence-electron chi connectivity index (χ4n) is 4.15. The molecule has 4 rings (SSSR count). The molecule has 0 radical (unpaired) electrons. The summed E-state index contributed by atoms with van der Waals surface area (Å²) >= 11 is 0. The van der Waals surface area contributed by atoms with Gasteiger partial charge in [-0.15, -0.1) is 0 Å². The van der Waals surface area contributed by atoms with Crippen LogP contribution in [-0.4, -0.2) is 53.4 Å². The summed E-state index contributed by atoms with van der Waals surface area (Å²) in [5.74, 6) is -1.67. The first-order valence-electron chi connectivity index (χ1n) is 12.2. The number of fused-ring (bicyclic) bond motifs is 1. The van der Waals surface area contributed by atoms with Crippen LogP contribution in [-0.2, 0) is 9.59 Å². The summed E-state index contributed by atoms with van der Waals surface area (Å²) in [4.78, 5) is 54.6. The van der Waals surface area contributed by atoms with Crippen molar-refractivity contribution >= 4 is 46.4 Å². The standard InChI is InChI=1S/C29H30N4O5.H2O/c1-29(2,3)25(34)18-33-24-15-8-7-14-23(24)32(21-12-5-4-6-13-21)17-22(26(33)35)31-28(38)30-20-11-9-10-19(16-20)27(36)37;/h4-16,22H,17-18H2,1-3H3,(H,36,37)(H2,30,31,38);1H2. The molecule has 3 aromatic carbocycles. The van der Waals surface area contributed by atoms with Gasteiger partial charge >= 0.3 is 12.0 Å². The fraction of sp³-hybridized carbons (Fsp3) is 0.241. The summed E-state index contributed by atoms with van der Waals surface area (Å²) in [5, 5.41) is 14.6. The number of hydrogen-bond donors (Lipinski definition) is 3. The monoisotopic (exact) mass is 532 g/mol. The Morgan fingerprint density at radius 2 is 1.56 bits per heavy atom. The van der Waals surface area contributed by atoms with E-state index < -0.39 is 29.4 Å². The Bertz CT molecular complexity index is 1370. The molecule has 0 saturated heterocycles. The molecule has 0 spiro atoms. The molecule has 10 heteroatoms. The number of para-hydroxylation sites is 3. The smallest absolute Gasteiger partial charge is 0.335 e. The van der Waals surface area contributed by atoms with Crippen molar-refractivity contribution in [3.63, 3.8) is 0 Å². The van der Waals surface area contributed by atoms with Crippen LogP contribution >= 0.6 is 0 Å². The van der Waals surface area contributed by atoms with Gasteiger partial charge in [-0.2, -0.15) is 0 Å². The van der Waals surface area contributed by atoms with Crippen molar-refractivity contribution in [2.45, 2.75) is 26.8 Å². The molecule has 204 valence electrons. The molecule has 5 N–H and O–H groups in total. The molecule has 1 unspecified atom stereocenters. The number of amides is 3. The van der Waals surface area contributed by atoms with Crippen LogP contribution in [0.3, 0.4) is 0 Å². The number of hydrogen-bond acceptors (Lipinski definition) is 5. The van der Waals surface area contributed by atoms with E-state index in [1.54, 1.807) is 39.0 Å². The second-order valence-corrected chi connectivity index (χ2v) is 10.1. The lowest BCUT2D eigenvalue weighted by atomic mass is 9.90. The van der Waals surface area contributed by atoms with Crippen molar-refractivity contribution in [3.8, 4) is 0 Å². The highest BCUT2D eigenvalue weighted by molar-refractivity contribution is 6.08. The topological polar surface area (TPSA) is 151 Å². The Labute approximate surface area is 226 Å². The molecule has 0 bridgehead atoms. The minimum absolute atomic E-state index is 0. The van der Waals surface area contributed by atoms with Gasteiger partial charge in [-0.05, 0) is 42.5 Å². The lowest BCUT2D eigenvalue weighted by Crippen LogP contribution is -2.54. The lowest BCUT2D eigenvalue weighted by molar-refractivity contribution is -0.127. The number of carbonyl (C=O) groups is 4. The second kappa shape index (κ2) is 11.8. The van der Waals surface area contributed by atoms with E-state index in [4.69, 9.17) is 0 Å². The maximum Gasteiger partial charge on any atom is 0.335 e. The van der Waals surface area contributed by atoms with Crippen LogP contribution in [0.25, 0.3) is 0 Å². The molecule has 0 fully saturated rings. The van der Waals surface area contributed by atoms with Crippen LogP contribution < -0.4 is 20.4 Å². The number of benzene rings is 3. The molecule has 3 aromatic rings. The Balaban J connectivity index is 0.00000420. The normalized spacial score (nSPS) is 14.9. The molecule has 1 aliphatic rings. The van der Waals surface area contributed by atoms with E-state index in [0.717, 1.165) is 11.4 Å². The number of rotatable bonds is 6. The molecular formula is C29H32N4O6. The molecular weight excluding hydrogens is 500 g/mol. The number of carbonyl (C=O) groups excluding carboxylic acids is 3. The van der Waals surface area contributed by atoms with Crippen molar-refractivity contribution in [2.24, 2.45) is 5.41 Å². The largest absolute Gasteiger partial charge is 0.478 e. The number of ketones is 1. The average molecular weight is 533 g/mol. The van der Waals surface area contributed by atoms with Crippen molar-refractivity contribution in [3.05, 3.63) is 84.4 Å². The third-order valence-corrected chi connectivity index (χ3v) is 6.27. The van der Waals surface area contributed by atoms with Gasteiger partial charge in [0.1, 0.15) is 6.04 Å². The van der Waals surface area contributed by atoms with E-state index in [9.17, 15) is 24.3 Å². The molecule has 10 nitrogen and oxygen atoms in total. The van der Waals surface area contributed by atoms with Crippen molar-refractivity contribution < 1.29 is 29.8 Å². The highest BCUT2D eigenvalue weighted by atomic mass is 16.4. The molecule has 39 heavy (non-hydrogen) atoms. The first-order chi connectivity index (χ1) is 18.0. The average Bonchev–Trinajstić information content (AvgIpc) is 2.99. The van der Waals surface area contributed by atoms with Gasteiger partial charge in [0.25, 0.3) is 5.91 Å². The number of anilines is 4. The highest BCUT2D eigenvalue weighted by Gasteiger charge is 2.37. The summed E-state index contributed by atoms with van der Waals surface area (Å²) in [6.45, 7) is 5.36. The quantitative estimate of drug-likeness (QED) is 0.439. The molecule has 1 atom stereocenters. The number of Topliss-reactive ketones (excluding diaryl/α,β-unsaturated/α-hetero) is 1. The zero-order valence-corrected chi connectivity index (χ0v) is 22.0. The molecule has 1 aliphatic heterocycles. The molecule has 3 amide bonds. The fourth-order valence-corrected chi connectivity index (χ4v) is 4.15. The summed E-state index contributed by atoms with van der Waals surface area (Å²) < 4.78 is 0. The van der Waals surface area contributed by atoms with E-state index in [1.807, 2.05) is 47.4 Å². The minimum Gasteiger partial charge on any atom is -0.478 e. The number of nitrogens with zero attached hydrogens (tertiary/aromatic N) is 2. The van der Waals surface area contributed by atoms with Gasteiger partial charge in [0.15, 0.2) is 5.78 Å². The van der Waals surface area contributed by atoms with Gasteiger partial charge in [0.2, 0.25) is 0 Å². The van der Waals surface area contributed by atoms with Crippen LogP contribution in [0.1, 0.15) is 31.1 Å². The number of carboxylic acids is 1. The predicted octanol–water partition coefficient (Wildman–Crippen LogP) is 3.85. The van der Waals surface area contributed by atoms with E-state index >= 15 is 0 Å². The maximum absolute atomic E-state index is 13.9. The van der Waals surface area contributed by atoms with Gasteiger partial charge < -0.3 is 31.0 Å². The summed E-state index contributed by atoms with van der Waals surface area (Å²) in [5.41, 5.74) is 1.73. The van der Waals surface area contributed by atoms with Gasteiger partial charge in [-0.1, -0.05) is 57.2 Å². The Morgan fingerprint density at radius 3 is 2.21 bits per heavy atom. The number of urea groups is 1. The summed E-state index contributed by atoms with van der Waals surface area (Å²) in [6, 6.07) is 20.9. The van der Waals surface area contributed by atoms with Crippen LogP contribution in [0.5, 0.6) is 0 Å². The highest BCUT2D eigenvalue weighted by Crippen LogP contribution is 2.37. The number of aromatic carboxylic acids is 1. The second-order valence-electron chi connectivity index (χ2n) is 10.1.